The lowest BCUT2D eigenvalue weighted by molar-refractivity contribution is -0.0260. The van der Waals surface area contributed by atoms with E-state index >= 15 is 4.39 Å². The Hall–Kier alpha value is -3.29. The predicted molar refractivity (Wildman–Crippen MR) is 147 cm³/mol. The average Bonchev–Trinajstić information content (AvgIpc) is 3.54. The fraction of sp³-hybridized carbons (Fsp3) is 0.419. The van der Waals surface area contributed by atoms with E-state index in [1.807, 2.05) is 16.8 Å². The number of nitrogens with zero attached hydrogens (tertiary/aromatic N) is 2. The van der Waals surface area contributed by atoms with Gasteiger partial charge in [0.1, 0.15) is 5.82 Å². The summed E-state index contributed by atoms with van der Waals surface area (Å²) in [6, 6.07) is 11.6. The number of carbonyl (C=O) groups excluding carboxylic acids is 1. The van der Waals surface area contributed by atoms with Crippen molar-refractivity contribution in [1.29, 1.82) is 0 Å². The van der Waals surface area contributed by atoms with Gasteiger partial charge in [-0.2, -0.15) is 0 Å². The molecule has 3 heterocycles. The van der Waals surface area contributed by atoms with Gasteiger partial charge < -0.3 is 19.7 Å². The SMILES string of the molecule is CCCC1C=C(c2ccc(Cn3cc(C(=O)N[C@H]4CCOC[C@@H]4O)c4c(F)ccc(C5CC5)c43)cc2)C=N1. The first-order valence-corrected chi connectivity index (χ1v) is 13.7. The molecule has 1 saturated carbocycles. The topological polar surface area (TPSA) is 75.9 Å². The highest BCUT2D eigenvalue weighted by Crippen LogP contribution is 2.44. The van der Waals surface area contributed by atoms with Crippen LogP contribution >= 0.6 is 0 Å². The molecule has 7 heteroatoms. The van der Waals surface area contributed by atoms with Gasteiger partial charge in [-0.25, -0.2) is 4.39 Å². The van der Waals surface area contributed by atoms with E-state index in [0.717, 1.165) is 53.5 Å². The van der Waals surface area contributed by atoms with E-state index in [0.29, 0.717) is 36.4 Å². The predicted octanol–water partition coefficient (Wildman–Crippen LogP) is 5.22. The number of aliphatic hydroxyl groups is 1. The normalized spacial score (nSPS) is 23.1. The number of aromatic nitrogens is 1. The second kappa shape index (κ2) is 10.5. The van der Waals surface area contributed by atoms with Crippen molar-refractivity contribution < 1.29 is 19.0 Å². The number of hydrogen-bond donors (Lipinski definition) is 2. The molecule has 2 fully saturated rings. The van der Waals surface area contributed by atoms with Crippen molar-refractivity contribution in [2.24, 2.45) is 4.99 Å². The Morgan fingerprint density at radius 1 is 1.18 bits per heavy atom. The van der Waals surface area contributed by atoms with Crippen LogP contribution in [0.1, 0.15) is 72.0 Å². The second-order valence-corrected chi connectivity index (χ2v) is 10.8. The van der Waals surface area contributed by atoms with Gasteiger partial charge in [0.05, 0.1) is 35.9 Å². The van der Waals surface area contributed by atoms with E-state index in [1.165, 1.54) is 6.07 Å². The van der Waals surface area contributed by atoms with Gasteiger partial charge in [0.25, 0.3) is 5.91 Å². The number of aliphatic imine (C=N–C) groups is 1. The lowest BCUT2D eigenvalue weighted by Gasteiger charge is -2.28. The molecule has 3 aliphatic rings. The zero-order chi connectivity index (χ0) is 26.2. The molecule has 198 valence electrons. The molecule has 3 atom stereocenters. The Balaban J connectivity index is 1.31. The van der Waals surface area contributed by atoms with Gasteiger partial charge in [0, 0.05) is 30.9 Å². The van der Waals surface area contributed by atoms with Gasteiger partial charge in [-0.3, -0.25) is 9.79 Å². The summed E-state index contributed by atoms with van der Waals surface area (Å²) < 4.78 is 22.6. The van der Waals surface area contributed by atoms with Crippen molar-refractivity contribution in [2.45, 2.75) is 69.7 Å². The van der Waals surface area contributed by atoms with E-state index in [-0.39, 0.29) is 18.6 Å². The minimum absolute atomic E-state index is 0.185. The number of ether oxygens (including phenoxy) is 1. The van der Waals surface area contributed by atoms with Crippen molar-refractivity contribution in [3.63, 3.8) is 0 Å². The van der Waals surface area contributed by atoms with Gasteiger partial charge in [0.2, 0.25) is 0 Å². The number of carbonyl (C=O) groups is 1. The first-order chi connectivity index (χ1) is 18.5. The molecule has 0 spiro atoms. The summed E-state index contributed by atoms with van der Waals surface area (Å²) in [5, 5.41) is 13.6. The van der Waals surface area contributed by atoms with Crippen molar-refractivity contribution in [3.8, 4) is 0 Å². The van der Waals surface area contributed by atoms with E-state index in [9.17, 15) is 9.90 Å². The van der Waals surface area contributed by atoms with Gasteiger partial charge in [-0.1, -0.05) is 49.8 Å². The van der Waals surface area contributed by atoms with Crippen LogP contribution in [0.15, 0.2) is 53.7 Å². The maximum absolute atomic E-state index is 15.3. The van der Waals surface area contributed by atoms with Crippen LogP contribution in [0.3, 0.4) is 0 Å². The molecule has 2 N–H and O–H groups in total. The van der Waals surface area contributed by atoms with Crippen LogP contribution in [-0.4, -0.2) is 53.2 Å². The smallest absolute Gasteiger partial charge is 0.253 e. The van der Waals surface area contributed by atoms with Crippen LogP contribution in [-0.2, 0) is 11.3 Å². The monoisotopic (exact) mass is 515 g/mol. The maximum Gasteiger partial charge on any atom is 0.253 e. The van der Waals surface area contributed by atoms with Crippen molar-refractivity contribution >= 4 is 28.6 Å². The van der Waals surface area contributed by atoms with Crippen LogP contribution in [0.5, 0.6) is 0 Å². The third kappa shape index (κ3) is 4.93. The summed E-state index contributed by atoms with van der Waals surface area (Å²) in [5.74, 6) is -0.367. The molecular formula is C31H34FN3O3. The van der Waals surface area contributed by atoms with E-state index < -0.39 is 18.0 Å². The van der Waals surface area contributed by atoms with Gasteiger partial charge in [-0.05, 0) is 59.9 Å². The zero-order valence-corrected chi connectivity index (χ0v) is 21.7. The first kappa shape index (κ1) is 25.0. The standard InChI is InChI=1S/C31H34FN3O3/c1-2-3-23-14-22(15-33-23)20-6-4-19(5-7-20)16-35-17-25(31(37)34-27-12-13-38-18-28(27)36)29-26(32)11-10-24(30(29)35)21-8-9-21/h4-7,10-11,14-15,17,21,23,27-28,36H,2-3,8-9,12-13,16,18H2,1H3,(H,34,37)/t23?,27-,28-/m0/s1. The van der Waals surface area contributed by atoms with Crippen molar-refractivity contribution in [1.82, 2.24) is 9.88 Å². The molecule has 2 aliphatic heterocycles. The molecule has 6 nitrogen and oxygen atoms in total. The highest BCUT2D eigenvalue weighted by Gasteiger charge is 2.31. The summed E-state index contributed by atoms with van der Waals surface area (Å²) in [5.41, 5.74) is 5.55. The van der Waals surface area contributed by atoms with Crippen LogP contribution in [0.25, 0.3) is 16.5 Å². The Morgan fingerprint density at radius 3 is 2.74 bits per heavy atom. The molecule has 2 aromatic carbocycles. The molecule has 38 heavy (non-hydrogen) atoms. The lowest BCUT2D eigenvalue weighted by atomic mass is 10.0. The molecule has 0 radical (unpaired) electrons. The number of aliphatic hydroxyl groups excluding tert-OH is 1. The van der Waals surface area contributed by atoms with Gasteiger partial charge in [0.15, 0.2) is 0 Å². The molecule has 1 aromatic heterocycles. The molecular weight excluding hydrogens is 481 g/mol. The number of halogens is 1. The fourth-order valence-electron chi connectivity index (χ4n) is 5.68. The Labute approximate surface area is 222 Å². The highest BCUT2D eigenvalue weighted by atomic mass is 19.1. The second-order valence-electron chi connectivity index (χ2n) is 10.8. The Kier molecular flexibility index (Phi) is 6.89. The number of amides is 1. The van der Waals surface area contributed by atoms with Crippen molar-refractivity contribution in [3.05, 3.63) is 76.7 Å². The molecule has 1 aliphatic carbocycles. The summed E-state index contributed by atoms with van der Waals surface area (Å²) in [7, 11) is 0. The summed E-state index contributed by atoms with van der Waals surface area (Å²) in [4.78, 5) is 18.0. The third-order valence-corrected chi connectivity index (χ3v) is 7.91. The fourth-order valence-corrected chi connectivity index (χ4v) is 5.68. The molecule has 1 saturated heterocycles. The summed E-state index contributed by atoms with van der Waals surface area (Å²) >= 11 is 0. The number of hydrogen-bond acceptors (Lipinski definition) is 4. The quantitative estimate of drug-likeness (QED) is 0.432. The summed E-state index contributed by atoms with van der Waals surface area (Å²) in [6.45, 7) is 3.36. The number of nitrogens with one attached hydrogen (secondary N) is 1. The van der Waals surface area contributed by atoms with Crippen LogP contribution in [0.2, 0.25) is 0 Å². The molecule has 3 aromatic rings. The zero-order valence-electron chi connectivity index (χ0n) is 21.7. The lowest BCUT2D eigenvalue weighted by Crippen LogP contribution is -2.48. The van der Waals surface area contributed by atoms with Crippen LogP contribution in [0.4, 0.5) is 4.39 Å². The minimum atomic E-state index is -0.774. The summed E-state index contributed by atoms with van der Waals surface area (Å²) in [6.07, 6.45) is 10.0. The average molecular weight is 516 g/mol. The first-order valence-electron chi connectivity index (χ1n) is 13.7. The molecule has 1 amide bonds. The van der Waals surface area contributed by atoms with Gasteiger partial charge in [-0.15, -0.1) is 0 Å². The van der Waals surface area contributed by atoms with Gasteiger partial charge >= 0.3 is 0 Å². The number of rotatable bonds is 8. The third-order valence-electron chi connectivity index (χ3n) is 7.91. The largest absolute Gasteiger partial charge is 0.389 e. The van der Waals surface area contributed by atoms with E-state index in [2.05, 4.69) is 47.6 Å². The Morgan fingerprint density at radius 2 is 2.00 bits per heavy atom. The number of benzene rings is 2. The van der Waals surface area contributed by atoms with Crippen LogP contribution in [0, 0.1) is 5.82 Å². The minimum Gasteiger partial charge on any atom is -0.389 e. The molecule has 0 bridgehead atoms. The number of allylic oxidation sites excluding steroid dienone is 1. The maximum atomic E-state index is 15.3. The Bertz CT molecular complexity index is 1400. The van der Waals surface area contributed by atoms with E-state index in [1.54, 1.807) is 6.20 Å². The van der Waals surface area contributed by atoms with Crippen molar-refractivity contribution in [2.75, 3.05) is 13.2 Å². The molecule has 6 rings (SSSR count). The number of fused-ring (bicyclic) bond motifs is 1. The van der Waals surface area contributed by atoms with Crippen LogP contribution < -0.4 is 5.32 Å². The van der Waals surface area contributed by atoms with E-state index in [4.69, 9.17) is 4.74 Å². The molecule has 1 unspecified atom stereocenters. The highest BCUT2D eigenvalue weighted by molar-refractivity contribution is 6.12.